The van der Waals surface area contributed by atoms with E-state index in [1.54, 1.807) is 0 Å². The van der Waals surface area contributed by atoms with Gasteiger partial charge in [-0.05, 0) is 37.5 Å². The normalized spacial score (nSPS) is 32.5. The molecule has 0 aromatic heterocycles. The van der Waals surface area contributed by atoms with Crippen molar-refractivity contribution in [3.63, 3.8) is 0 Å². The van der Waals surface area contributed by atoms with Gasteiger partial charge in [0.1, 0.15) is 0 Å². The van der Waals surface area contributed by atoms with Crippen molar-refractivity contribution in [3.05, 3.63) is 0 Å². The highest BCUT2D eigenvalue weighted by atomic mass is 16.5. The molecule has 0 aromatic carbocycles. The zero-order valence-electron chi connectivity index (χ0n) is 8.24. The zero-order valence-corrected chi connectivity index (χ0v) is 8.24. The summed E-state index contributed by atoms with van der Waals surface area (Å²) < 4.78 is 5.31. The van der Waals surface area contributed by atoms with Gasteiger partial charge in [-0.2, -0.15) is 0 Å². The van der Waals surface area contributed by atoms with Crippen molar-refractivity contribution < 1.29 is 9.84 Å². The molecule has 2 rings (SSSR count). The lowest BCUT2D eigenvalue weighted by Gasteiger charge is -2.20. The minimum Gasteiger partial charge on any atom is -0.393 e. The Balaban J connectivity index is 1.73. The third-order valence-corrected chi connectivity index (χ3v) is 3.54. The van der Waals surface area contributed by atoms with E-state index in [-0.39, 0.29) is 6.10 Å². The van der Waals surface area contributed by atoms with Crippen molar-refractivity contribution in [3.8, 4) is 0 Å². The topological polar surface area (TPSA) is 29.5 Å². The van der Waals surface area contributed by atoms with Crippen LogP contribution in [0.1, 0.15) is 38.5 Å². The lowest BCUT2D eigenvalue weighted by atomic mass is 9.91. The number of rotatable bonds is 3. The molecule has 0 aromatic rings. The Hall–Kier alpha value is -0.0800. The Morgan fingerprint density at radius 3 is 2.62 bits per heavy atom. The van der Waals surface area contributed by atoms with Crippen molar-refractivity contribution in [1.29, 1.82) is 0 Å². The molecule has 1 aliphatic heterocycles. The molecule has 2 heteroatoms. The number of hydrogen-bond donors (Lipinski definition) is 1. The van der Waals surface area contributed by atoms with Gasteiger partial charge in [0.25, 0.3) is 0 Å². The SMILES string of the molecule is OC(CC1CCOC1)C1CCCC1. The molecule has 0 bridgehead atoms. The molecule has 2 unspecified atom stereocenters. The van der Waals surface area contributed by atoms with Crippen LogP contribution in [0.2, 0.25) is 0 Å². The van der Waals surface area contributed by atoms with Crippen LogP contribution in [-0.4, -0.2) is 24.4 Å². The third kappa shape index (κ3) is 2.44. The van der Waals surface area contributed by atoms with Crippen molar-refractivity contribution in [2.24, 2.45) is 11.8 Å². The van der Waals surface area contributed by atoms with E-state index in [4.69, 9.17) is 4.74 Å². The van der Waals surface area contributed by atoms with Crippen LogP contribution in [0.15, 0.2) is 0 Å². The maximum atomic E-state index is 9.95. The van der Waals surface area contributed by atoms with E-state index >= 15 is 0 Å². The summed E-state index contributed by atoms with van der Waals surface area (Å²) in [4.78, 5) is 0. The molecule has 0 spiro atoms. The van der Waals surface area contributed by atoms with Crippen molar-refractivity contribution in [2.75, 3.05) is 13.2 Å². The minimum atomic E-state index is -0.0470. The number of hydrogen-bond acceptors (Lipinski definition) is 2. The first-order valence-corrected chi connectivity index (χ1v) is 5.62. The summed E-state index contributed by atoms with van der Waals surface area (Å²) in [6.45, 7) is 1.78. The van der Waals surface area contributed by atoms with Crippen LogP contribution in [-0.2, 0) is 4.74 Å². The summed E-state index contributed by atoms with van der Waals surface area (Å²) in [7, 11) is 0. The molecule has 76 valence electrons. The molecule has 2 atom stereocenters. The molecular weight excluding hydrogens is 164 g/mol. The van der Waals surface area contributed by atoms with Crippen molar-refractivity contribution in [1.82, 2.24) is 0 Å². The maximum absolute atomic E-state index is 9.95. The van der Waals surface area contributed by atoms with Gasteiger partial charge in [-0.1, -0.05) is 12.8 Å². The van der Waals surface area contributed by atoms with Crippen LogP contribution in [0.5, 0.6) is 0 Å². The maximum Gasteiger partial charge on any atom is 0.0571 e. The molecule has 0 amide bonds. The predicted octanol–water partition coefficient (Wildman–Crippen LogP) is 1.96. The molecular formula is C11H20O2. The summed E-state index contributed by atoms with van der Waals surface area (Å²) in [5.41, 5.74) is 0. The van der Waals surface area contributed by atoms with E-state index in [9.17, 15) is 5.11 Å². The van der Waals surface area contributed by atoms with E-state index < -0.39 is 0 Å². The second-order valence-corrected chi connectivity index (χ2v) is 4.58. The third-order valence-electron chi connectivity index (χ3n) is 3.54. The van der Waals surface area contributed by atoms with E-state index in [0.717, 1.165) is 26.1 Å². The molecule has 1 saturated heterocycles. The van der Waals surface area contributed by atoms with E-state index in [1.807, 2.05) is 0 Å². The van der Waals surface area contributed by atoms with Crippen molar-refractivity contribution >= 4 is 0 Å². The van der Waals surface area contributed by atoms with Gasteiger partial charge in [0.05, 0.1) is 6.10 Å². The molecule has 1 aliphatic carbocycles. The smallest absolute Gasteiger partial charge is 0.0571 e. The summed E-state index contributed by atoms with van der Waals surface area (Å²) in [6.07, 6.45) is 7.22. The van der Waals surface area contributed by atoms with Gasteiger partial charge in [-0.3, -0.25) is 0 Å². The average Bonchev–Trinajstić information content (AvgIpc) is 2.74. The Labute approximate surface area is 80.3 Å². The van der Waals surface area contributed by atoms with Crippen LogP contribution in [0.25, 0.3) is 0 Å². The Morgan fingerprint density at radius 1 is 1.23 bits per heavy atom. The van der Waals surface area contributed by atoms with Gasteiger partial charge < -0.3 is 9.84 Å². The van der Waals surface area contributed by atoms with Gasteiger partial charge >= 0.3 is 0 Å². The number of ether oxygens (including phenoxy) is 1. The number of aliphatic hydroxyl groups excluding tert-OH is 1. The highest BCUT2D eigenvalue weighted by Crippen LogP contribution is 2.31. The van der Waals surface area contributed by atoms with Crippen LogP contribution >= 0.6 is 0 Å². The summed E-state index contributed by atoms with van der Waals surface area (Å²) in [5, 5.41) is 9.95. The predicted molar refractivity (Wildman–Crippen MR) is 51.5 cm³/mol. The van der Waals surface area contributed by atoms with Crippen molar-refractivity contribution in [2.45, 2.75) is 44.6 Å². The Morgan fingerprint density at radius 2 is 2.00 bits per heavy atom. The summed E-state index contributed by atoms with van der Waals surface area (Å²) in [5.74, 6) is 1.23. The lowest BCUT2D eigenvalue weighted by Crippen LogP contribution is -2.21. The highest BCUT2D eigenvalue weighted by Gasteiger charge is 2.27. The largest absolute Gasteiger partial charge is 0.393 e. The standard InChI is InChI=1S/C11H20O2/c12-11(10-3-1-2-4-10)7-9-5-6-13-8-9/h9-12H,1-8H2. The minimum absolute atomic E-state index is 0.0470. The first-order chi connectivity index (χ1) is 6.36. The summed E-state index contributed by atoms with van der Waals surface area (Å²) in [6, 6.07) is 0. The molecule has 1 heterocycles. The summed E-state index contributed by atoms with van der Waals surface area (Å²) >= 11 is 0. The van der Waals surface area contributed by atoms with Crippen LogP contribution in [0.4, 0.5) is 0 Å². The van der Waals surface area contributed by atoms with Gasteiger partial charge in [0.15, 0.2) is 0 Å². The van der Waals surface area contributed by atoms with Crippen LogP contribution in [0.3, 0.4) is 0 Å². The van der Waals surface area contributed by atoms with Crippen LogP contribution in [0, 0.1) is 11.8 Å². The highest BCUT2D eigenvalue weighted by molar-refractivity contribution is 4.78. The zero-order chi connectivity index (χ0) is 9.10. The molecule has 2 aliphatic rings. The number of aliphatic hydroxyl groups is 1. The molecule has 1 N–H and O–H groups in total. The quantitative estimate of drug-likeness (QED) is 0.726. The van der Waals surface area contributed by atoms with Gasteiger partial charge in [-0.25, -0.2) is 0 Å². The van der Waals surface area contributed by atoms with E-state index in [1.165, 1.54) is 25.7 Å². The Bertz CT molecular complexity index is 146. The second-order valence-electron chi connectivity index (χ2n) is 4.58. The molecule has 13 heavy (non-hydrogen) atoms. The monoisotopic (exact) mass is 184 g/mol. The fourth-order valence-corrected chi connectivity index (χ4v) is 2.65. The second kappa shape index (κ2) is 4.43. The molecule has 1 saturated carbocycles. The van der Waals surface area contributed by atoms with Crippen LogP contribution < -0.4 is 0 Å². The molecule has 2 fully saturated rings. The van der Waals surface area contributed by atoms with Gasteiger partial charge in [0, 0.05) is 13.2 Å². The molecule has 2 nitrogen and oxygen atoms in total. The fourth-order valence-electron chi connectivity index (χ4n) is 2.65. The molecule has 0 radical (unpaired) electrons. The first kappa shape index (κ1) is 9.47. The first-order valence-electron chi connectivity index (χ1n) is 5.62. The van der Waals surface area contributed by atoms with E-state index in [0.29, 0.717) is 11.8 Å². The van der Waals surface area contributed by atoms with Gasteiger partial charge in [-0.15, -0.1) is 0 Å². The van der Waals surface area contributed by atoms with Gasteiger partial charge in [0.2, 0.25) is 0 Å². The van der Waals surface area contributed by atoms with E-state index in [2.05, 4.69) is 0 Å². The Kier molecular flexibility index (Phi) is 3.23. The lowest BCUT2D eigenvalue weighted by molar-refractivity contribution is 0.0796. The average molecular weight is 184 g/mol. The fraction of sp³-hybridized carbons (Fsp3) is 1.00.